The molecule has 0 aliphatic heterocycles. The first-order valence-corrected chi connectivity index (χ1v) is 14.5. The minimum Gasteiger partial charge on any atom is -0.469 e. The lowest BCUT2D eigenvalue weighted by Gasteiger charge is -2.62. The molecule has 0 saturated heterocycles. The van der Waals surface area contributed by atoms with Crippen LogP contribution in [-0.4, -0.2) is 69.5 Å². The molecular weight excluding hydrogens is 500 g/mol. The van der Waals surface area contributed by atoms with Crippen molar-refractivity contribution >= 4 is 17.5 Å². The molecule has 0 amide bonds. The first-order valence-electron chi connectivity index (χ1n) is 14.5. The molecule has 0 aromatic heterocycles. The van der Waals surface area contributed by atoms with Crippen LogP contribution in [0.3, 0.4) is 0 Å². The van der Waals surface area contributed by atoms with Gasteiger partial charge < -0.3 is 25.2 Å². The lowest BCUT2D eigenvalue weighted by Crippen LogP contribution is -2.61. The van der Waals surface area contributed by atoms with Gasteiger partial charge in [0.1, 0.15) is 6.10 Å². The molecule has 39 heavy (non-hydrogen) atoms. The Morgan fingerprint density at radius 2 is 1.64 bits per heavy atom. The van der Waals surface area contributed by atoms with Crippen molar-refractivity contribution in [3.63, 3.8) is 0 Å². The molecule has 0 heterocycles. The fourth-order valence-electron chi connectivity index (χ4n) is 9.55. The number of Topliss-reactive ketones (excluding diaryl/α,β-unsaturated/α-hetero) is 2. The zero-order chi connectivity index (χ0) is 29.5. The Labute approximate surface area is 232 Å². The van der Waals surface area contributed by atoms with Crippen molar-refractivity contribution in [3.05, 3.63) is 11.1 Å². The van der Waals surface area contributed by atoms with Gasteiger partial charge in [0.05, 0.1) is 31.3 Å². The van der Waals surface area contributed by atoms with Crippen molar-refractivity contribution < 1.29 is 39.5 Å². The summed E-state index contributed by atoms with van der Waals surface area (Å²) in [5, 5.41) is 44.7. The standard InChI is InChI=1S/C31H48O8/c1-15(11-19(33)26(37)16(2)27(38)39-8)17-12-23(36)31(7)25-18(32)13-21-28(3,4)22(35)9-10-29(21,5)24(25)20(34)14-30(17,31)6/h15-18,21-23,26,32,35-37H,9-14H2,1-8H3/t15-,16+,17-,18+,21+,22+,23+,26+,29+,30-,31+/m1/s1. The zero-order valence-corrected chi connectivity index (χ0v) is 24.8. The normalized spacial score (nSPS) is 43.6. The topological polar surface area (TPSA) is 141 Å². The Balaban J connectivity index is 1.72. The van der Waals surface area contributed by atoms with Gasteiger partial charge in [-0.05, 0) is 72.2 Å². The molecule has 2 fully saturated rings. The van der Waals surface area contributed by atoms with Crippen LogP contribution in [-0.2, 0) is 19.1 Å². The highest BCUT2D eigenvalue weighted by Crippen LogP contribution is 2.71. The van der Waals surface area contributed by atoms with Gasteiger partial charge in [-0.25, -0.2) is 0 Å². The number of carbonyl (C=O) groups is 3. The van der Waals surface area contributed by atoms with Crippen LogP contribution in [0.2, 0.25) is 0 Å². The number of esters is 1. The largest absolute Gasteiger partial charge is 0.469 e. The fourth-order valence-corrected chi connectivity index (χ4v) is 9.55. The summed E-state index contributed by atoms with van der Waals surface area (Å²) in [4.78, 5) is 39.0. The Hall–Kier alpha value is -1.61. The molecule has 220 valence electrons. The van der Waals surface area contributed by atoms with Crippen LogP contribution in [0.25, 0.3) is 0 Å². The number of carbonyl (C=O) groups excluding carboxylic acids is 3. The van der Waals surface area contributed by atoms with Crippen LogP contribution in [0, 0.1) is 45.3 Å². The third-order valence-electron chi connectivity index (χ3n) is 12.2. The number of hydrogen-bond donors (Lipinski definition) is 4. The quantitative estimate of drug-likeness (QED) is 0.371. The number of allylic oxidation sites excluding steroid dienone is 1. The van der Waals surface area contributed by atoms with Gasteiger partial charge in [-0.1, -0.05) is 41.5 Å². The highest BCUT2D eigenvalue weighted by Gasteiger charge is 2.70. The minimum absolute atomic E-state index is 0.0000730. The summed E-state index contributed by atoms with van der Waals surface area (Å²) >= 11 is 0. The van der Waals surface area contributed by atoms with Crippen molar-refractivity contribution in [1.82, 2.24) is 0 Å². The number of ketones is 2. The first-order chi connectivity index (χ1) is 17.9. The van der Waals surface area contributed by atoms with Gasteiger partial charge in [0.2, 0.25) is 0 Å². The smallest absolute Gasteiger partial charge is 0.311 e. The SMILES string of the molecule is COC(=O)[C@@H](C)[C@H](O)C(=O)C[C@@H](C)[C@H]1C[C@H](O)[C@@]2(C)C3=C(C(=O)C[C@]12C)[C@@]1(C)CC[C@H](O)C(C)(C)[C@@H]1C[C@@H]3O. The summed E-state index contributed by atoms with van der Waals surface area (Å²) < 4.78 is 4.67. The van der Waals surface area contributed by atoms with E-state index in [-0.39, 0.29) is 36.4 Å². The number of rotatable bonds is 6. The zero-order valence-electron chi connectivity index (χ0n) is 24.8. The van der Waals surface area contributed by atoms with Gasteiger partial charge in [0, 0.05) is 23.8 Å². The number of aliphatic hydroxyl groups excluding tert-OH is 4. The maximum atomic E-state index is 14.1. The molecular formula is C31H48O8. The lowest BCUT2D eigenvalue weighted by atomic mass is 9.42. The molecule has 0 aromatic rings. The van der Waals surface area contributed by atoms with Crippen molar-refractivity contribution in [2.45, 2.75) is 111 Å². The molecule has 0 radical (unpaired) electrons. The van der Waals surface area contributed by atoms with E-state index in [1.807, 2.05) is 34.6 Å². The summed E-state index contributed by atoms with van der Waals surface area (Å²) in [6.45, 7) is 13.5. The molecule has 4 rings (SSSR count). The van der Waals surface area contributed by atoms with E-state index in [0.29, 0.717) is 36.8 Å². The lowest BCUT2D eigenvalue weighted by molar-refractivity contribution is -0.153. The highest BCUT2D eigenvalue weighted by molar-refractivity contribution is 6.00. The summed E-state index contributed by atoms with van der Waals surface area (Å²) in [6.07, 6.45) is -1.54. The number of hydrogen-bond acceptors (Lipinski definition) is 8. The van der Waals surface area contributed by atoms with Crippen molar-refractivity contribution in [1.29, 1.82) is 0 Å². The molecule has 4 aliphatic rings. The van der Waals surface area contributed by atoms with Crippen LogP contribution in [0.4, 0.5) is 0 Å². The number of methoxy groups -OCH3 is 1. The van der Waals surface area contributed by atoms with E-state index in [9.17, 15) is 34.8 Å². The first kappa shape index (κ1) is 30.4. The van der Waals surface area contributed by atoms with E-state index in [2.05, 4.69) is 11.7 Å². The Kier molecular flexibility index (Phi) is 7.58. The van der Waals surface area contributed by atoms with Crippen LogP contribution >= 0.6 is 0 Å². The van der Waals surface area contributed by atoms with Gasteiger partial charge in [0.25, 0.3) is 0 Å². The predicted molar refractivity (Wildman–Crippen MR) is 144 cm³/mol. The average molecular weight is 549 g/mol. The fraction of sp³-hybridized carbons (Fsp3) is 0.839. The Morgan fingerprint density at radius 3 is 2.23 bits per heavy atom. The van der Waals surface area contributed by atoms with Crippen LogP contribution in [0.15, 0.2) is 11.1 Å². The van der Waals surface area contributed by atoms with E-state index in [0.717, 1.165) is 0 Å². The van der Waals surface area contributed by atoms with Crippen LogP contribution in [0.1, 0.15) is 87.0 Å². The predicted octanol–water partition coefficient (Wildman–Crippen LogP) is 2.98. The summed E-state index contributed by atoms with van der Waals surface area (Å²) in [6, 6.07) is 0. The molecule has 8 nitrogen and oxygen atoms in total. The highest BCUT2D eigenvalue weighted by atomic mass is 16.5. The second kappa shape index (κ2) is 9.74. The van der Waals surface area contributed by atoms with Gasteiger partial charge in [-0.3, -0.25) is 14.4 Å². The van der Waals surface area contributed by atoms with Crippen molar-refractivity contribution in [3.8, 4) is 0 Å². The molecule has 2 saturated carbocycles. The third kappa shape index (κ3) is 4.11. The van der Waals surface area contributed by atoms with Gasteiger partial charge in [-0.15, -0.1) is 0 Å². The number of fused-ring (bicyclic) bond motifs is 4. The monoisotopic (exact) mass is 548 g/mol. The van der Waals surface area contributed by atoms with Crippen LogP contribution < -0.4 is 0 Å². The molecule has 4 aliphatic carbocycles. The van der Waals surface area contributed by atoms with E-state index in [4.69, 9.17) is 0 Å². The van der Waals surface area contributed by atoms with Crippen LogP contribution in [0.5, 0.6) is 0 Å². The molecule has 0 aromatic carbocycles. The van der Waals surface area contributed by atoms with Gasteiger partial charge >= 0.3 is 5.97 Å². The van der Waals surface area contributed by atoms with Crippen molar-refractivity contribution in [2.24, 2.45) is 45.3 Å². The number of ether oxygens (including phenoxy) is 1. The summed E-state index contributed by atoms with van der Waals surface area (Å²) in [7, 11) is 1.21. The van der Waals surface area contributed by atoms with Crippen molar-refractivity contribution in [2.75, 3.05) is 7.11 Å². The second-order valence-corrected chi connectivity index (χ2v) is 14.4. The van der Waals surface area contributed by atoms with E-state index in [1.165, 1.54) is 14.0 Å². The summed E-state index contributed by atoms with van der Waals surface area (Å²) in [5.74, 6) is -2.70. The summed E-state index contributed by atoms with van der Waals surface area (Å²) in [5.41, 5.74) is -1.26. The Bertz CT molecular complexity index is 1080. The maximum Gasteiger partial charge on any atom is 0.311 e. The van der Waals surface area contributed by atoms with E-state index in [1.54, 1.807) is 0 Å². The molecule has 8 heteroatoms. The second-order valence-electron chi connectivity index (χ2n) is 14.4. The maximum absolute atomic E-state index is 14.1. The van der Waals surface area contributed by atoms with Gasteiger partial charge in [0.15, 0.2) is 11.6 Å². The van der Waals surface area contributed by atoms with Gasteiger partial charge in [-0.2, -0.15) is 0 Å². The molecule has 4 N–H and O–H groups in total. The average Bonchev–Trinajstić information content (AvgIpc) is 3.07. The molecule has 0 unspecified atom stereocenters. The molecule has 0 spiro atoms. The minimum atomic E-state index is -1.49. The number of aliphatic hydroxyl groups is 4. The molecule has 11 atom stereocenters. The Morgan fingerprint density at radius 1 is 1.03 bits per heavy atom. The molecule has 0 bridgehead atoms. The van der Waals surface area contributed by atoms with E-state index < -0.39 is 63.7 Å². The van der Waals surface area contributed by atoms with E-state index >= 15 is 0 Å². The third-order valence-corrected chi connectivity index (χ3v) is 12.2.